The zero-order chi connectivity index (χ0) is 9.68. The van der Waals surface area contributed by atoms with Crippen LogP contribution in [-0.4, -0.2) is 15.6 Å². The van der Waals surface area contributed by atoms with Crippen LogP contribution in [-0.2, 0) is 6.54 Å². The number of aromatic nitrogens is 2. The molecular formula is C10H19N3. The Morgan fingerprint density at radius 1 is 1.38 bits per heavy atom. The molecule has 1 aromatic heterocycles. The average Bonchev–Trinajstić information content (AvgIpc) is 2.61. The van der Waals surface area contributed by atoms with Gasteiger partial charge in [0.25, 0.3) is 0 Å². The molecule has 3 nitrogen and oxygen atoms in total. The van der Waals surface area contributed by atoms with Gasteiger partial charge in [-0.15, -0.1) is 0 Å². The predicted molar refractivity (Wildman–Crippen MR) is 55.9 cm³/mol. The molecule has 0 radical (unpaired) electrons. The van der Waals surface area contributed by atoms with Gasteiger partial charge >= 0.3 is 0 Å². The van der Waals surface area contributed by atoms with E-state index >= 15 is 0 Å². The molecule has 1 aromatic rings. The fourth-order valence-electron chi connectivity index (χ4n) is 1.38. The summed E-state index contributed by atoms with van der Waals surface area (Å²) in [5.41, 5.74) is 0. The molecule has 0 aliphatic rings. The molecule has 0 amide bonds. The van der Waals surface area contributed by atoms with Gasteiger partial charge in [-0.2, -0.15) is 0 Å². The number of hydrogen-bond acceptors (Lipinski definition) is 2. The van der Waals surface area contributed by atoms with Gasteiger partial charge in [0, 0.05) is 25.0 Å². The van der Waals surface area contributed by atoms with Crippen LogP contribution in [0.15, 0.2) is 12.4 Å². The van der Waals surface area contributed by atoms with Crippen LogP contribution < -0.4 is 5.32 Å². The molecule has 1 heterocycles. The maximum Gasteiger partial charge on any atom is 0.202 e. The van der Waals surface area contributed by atoms with E-state index in [4.69, 9.17) is 0 Å². The van der Waals surface area contributed by atoms with Crippen molar-refractivity contribution >= 4 is 5.95 Å². The van der Waals surface area contributed by atoms with Gasteiger partial charge in [-0.1, -0.05) is 13.8 Å². The van der Waals surface area contributed by atoms with Crippen molar-refractivity contribution in [3.8, 4) is 0 Å². The van der Waals surface area contributed by atoms with Crippen LogP contribution in [0.25, 0.3) is 0 Å². The molecule has 0 aliphatic heterocycles. The molecule has 0 aromatic carbocycles. The summed E-state index contributed by atoms with van der Waals surface area (Å²) in [6.45, 7) is 7.49. The molecule has 1 N–H and O–H groups in total. The van der Waals surface area contributed by atoms with Gasteiger partial charge in [0.05, 0.1) is 0 Å². The largest absolute Gasteiger partial charge is 0.353 e. The summed E-state index contributed by atoms with van der Waals surface area (Å²) < 4.78 is 2.12. The Balaban J connectivity index is 2.61. The van der Waals surface area contributed by atoms with Gasteiger partial charge in [-0.25, -0.2) is 4.98 Å². The minimum Gasteiger partial charge on any atom is -0.353 e. The lowest BCUT2D eigenvalue weighted by Crippen LogP contribution is -2.19. The second kappa shape index (κ2) is 4.90. The monoisotopic (exact) mass is 181 g/mol. The predicted octanol–water partition coefficient (Wildman–Crippen LogP) is 2.50. The van der Waals surface area contributed by atoms with Crippen LogP contribution in [0.3, 0.4) is 0 Å². The van der Waals surface area contributed by atoms with Gasteiger partial charge in [-0.05, 0) is 19.8 Å². The van der Waals surface area contributed by atoms with E-state index < -0.39 is 0 Å². The number of nitrogens with zero attached hydrogens (tertiary/aromatic N) is 2. The summed E-state index contributed by atoms with van der Waals surface area (Å²) in [5, 5.41) is 3.43. The van der Waals surface area contributed by atoms with Gasteiger partial charge in [-0.3, -0.25) is 0 Å². The normalized spacial score (nSPS) is 10.8. The highest BCUT2D eigenvalue weighted by Crippen LogP contribution is 2.09. The fraction of sp³-hybridized carbons (Fsp3) is 0.700. The van der Waals surface area contributed by atoms with E-state index in [0.29, 0.717) is 6.04 Å². The highest BCUT2D eigenvalue weighted by molar-refractivity contribution is 5.27. The highest BCUT2D eigenvalue weighted by Gasteiger charge is 2.06. The van der Waals surface area contributed by atoms with Gasteiger partial charge in [0.15, 0.2) is 0 Å². The van der Waals surface area contributed by atoms with Gasteiger partial charge < -0.3 is 9.88 Å². The Kier molecular flexibility index (Phi) is 3.80. The molecule has 0 atom stereocenters. The fourth-order valence-corrected chi connectivity index (χ4v) is 1.38. The van der Waals surface area contributed by atoms with E-state index in [2.05, 4.69) is 35.6 Å². The lowest BCUT2D eigenvalue weighted by Gasteiger charge is -2.15. The summed E-state index contributed by atoms with van der Waals surface area (Å²) in [6.07, 6.45) is 6.14. The maximum absolute atomic E-state index is 4.27. The number of nitrogens with one attached hydrogen (secondary N) is 1. The Labute approximate surface area is 80.2 Å². The summed E-state index contributed by atoms with van der Waals surface area (Å²) in [6, 6.07) is 0.549. The zero-order valence-corrected chi connectivity index (χ0v) is 8.75. The zero-order valence-electron chi connectivity index (χ0n) is 8.75. The summed E-state index contributed by atoms with van der Waals surface area (Å²) in [5.74, 6) is 0.996. The Morgan fingerprint density at radius 2 is 2.08 bits per heavy atom. The van der Waals surface area contributed by atoms with Crippen LogP contribution in [0.2, 0.25) is 0 Å². The molecular weight excluding hydrogens is 162 g/mol. The van der Waals surface area contributed by atoms with Crippen molar-refractivity contribution < 1.29 is 0 Å². The summed E-state index contributed by atoms with van der Waals surface area (Å²) >= 11 is 0. The standard InChI is InChI=1S/C10H19N3/c1-4-9(5-2)12-10-11-7-8-13(10)6-3/h7-9H,4-6H2,1-3H3,(H,11,12). The number of anilines is 1. The van der Waals surface area contributed by atoms with Crippen molar-refractivity contribution in [1.29, 1.82) is 0 Å². The Morgan fingerprint density at radius 3 is 2.62 bits per heavy atom. The van der Waals surface area contributed by atoms with Crippen molar-refractivity contribution in [1.82, 2.24) is 9.55 Å². The third-order valence-electron chi connectivity index (χ3n) is 2.37. The molecule has 0 saturated carbocycles. The Bertz CT molecular complexity index is 238. The molecule has 13 heavy (non-hydrogen) atoms. The first-order valence-electron chi connectivity index (χ1n) is 5.09. The van der Waals surface area contributed by atoms with E-state index in [-0.39, 0.29) is 0 Å². The van der Waals surface area contributed by atoms with E-state index in [1.54, 1.807) is 0 Å². The summed E-state index contributed by atoms with van der Waals surface area (Å²) in [7, 11) is 0. The summed E-state index contributed by atoms with van der Waals surface area (Å²) in [4.78, 5) is 4.27. The Hall–Kier alpha value is -0.990. The third-order valence-corrected chi connectivity index (χ3v) is 2.37. The van der Waals surface area contributed by atoms with Crippen LogP contribution >= 0.6 is 0 Å². The molecule has 3 heteroatoms. The highest BCUT2D eigenvalue weighted by atomic mass is 15.2. The SMILES string of the molecule is CCC(CC)Nc1nccn1CC. The second-order valence-electron chi connectivity index (χ2n) is 3.19. The van der Waals surface area contributed by atoms with Gasteiger partial charge in [0.1, 0.15) is 0 Å². The van der Waals surface area contributed by atoms with Crippen LogP contribution in [0.1, 0.15) is 33.6 Å². The minimum atomic E-state index is 0.549. The smallest absolute Gasteiger partial charge is 0.202 e. The quantitative estimate of drug-likeness (QED) is 0.756. The molecule has 0 spiro atoms. The lowest BCUT2D eigenvalue weighted by molar-refractivity contribution is 0.650. The van der Waals surface area contributed by atoms with Crippen molar-refractivity contribution in [2.75, 3.05) is 5.32 Å². The van der Waals surface area contributed by atoms with Crippen LogP contribution in [0.5, 0.6) is 0 Å². The molecule has 0 saturated heterocycles. The number of imidazole rings is 1. The second-order valence-corrected chi connectivity index (χ2v) is 3.19. The molecule has 0 bridgehead atoms. The van der Waals surface area contributed by atoms with E-state index in [9.17, 15) is 0 Å². The molecule has 1 rings (SSSR count). The number of rotatable bonds is 5. The maximum atomic E-state index is 4.27. The first-order chi connectivity index (χ1) is 6.31. The topological polar surface area (TPSA) is 29.9 Å². The average molecular weight is 181 g/mol. The van der Waals surface area contributed by atoms with E-state index in [0.717, 1.165) is 25.3 Å². The van der Waals surface area contributed by atoms with E-state index in [1.807, 2.05) is 12.4 Å². The van der Waals surface area contributed by atoms with Crippen molar-refractivity contribution in [2.24, 2.45) is 0 Å². The van der Waals surface area contributed by atoms with Crippen molar-refractivity contribution in [3.05, 3.63) is 12.4 Å². The van der Waals surface area contributed by atoms with Crippen LogP contribution in [0, 0.1) is 0 Å². The first kappa shape index (κ1) is 10.1. The van der Waals surface area contributed by atoms with Crippen molar-refractivity contribution in [2.45, 2.75) is 46.2 Å². The third kappa shape index (κ3) is 2.47. The van der Waals surface area contributed by atoms with Crippen molar-refractivity contribution in [3.63, 3.8) is 0 Å². The first-order valence-corrected chi connectivity index (χ1v) is 5.09. The van der Waals surface area contributed by atoms with E-state index in [1.165, 1.54) is 0 Å². The molecule has 0 aliphatic carbocycles. The lowest BCUT2D eigenvalue weighted by atomic mass is 10.2. The molecule has 0 fully saturated rings. The van der Waals surface area contributed by atoms with Crippen LogP contribution in [0.4, 0.5) is 5.95 Å². The minimum absolute atomic E-state index is 0.549. The number of aryl methyl sites for hydroxylation is 1. The molecule has 74 valence electrons. The number of hydrogen-bond donors (Lipinski definition) is 1. The van der Waals surface area contributed by atoms with Gasteiger partial charge in [0.2, 0.25) is 5.95 Å². The molecule has 0 unspecified atom stereocenters.